The maximum Gasteiger partial charge on any atom is 0.115 e. The van der Waals surface area contributed by atoms with Crippen molar-refractivity contribution < 1.29 is 5.11 Å². The van der Waals surface area contributed by atoms with Crippen molar-refractivity contribution in [2.75, 3.05) is 0 Å². The zero-order chi connectivity index (χ0) is 10.7. The average molecular weight is 220 g/mol. The van der Waals surface area contributed by atoms with Gasteiger partial charge in [-0.15, -0.1) is 5.10 Å². The lowest BCUT2D eigenvalue weighted by Gasteiger charge is -1.99. The minimum absolute atomic E-state index is 0.277. The van der Waals surface area contributed by atoms with Gasteiger partial charge in [-0.2, -0.15) is 0 Å². The second-order valence-corrected chi connectivity index (χ2v) is 4.18. The van der Waals surface area contributed by atoms with Gasteiger partial charge in [0, 0.05) is 5.56 Å². The van der Waals surface area contributed by atoms with Crippen LogP contribution in [0.4, 0.5) is 0 Å². The third-order valence-corrected chi connectivity index (χ3v) is 2.95. The number of phenols is 1. The van der Waals surface area contributed by atoms with Crippen LogP contribution in [0.2, 0.25) is 0 Å². The van der Waals surface area contributed by atoms with Crippen LogP contribution in [0.1, 0.15) is 18.2 Å². The molecule has 1 heterocycles. The maximum absolute atomic E-state index is 9.19. The number of aromatic nitrogens is 2. The van der Waals surface area contributed by atoms with E-state index in [1.165, 1.54) is 16.4 Å². The van der Waals surface area contributed by atoms with Crippen LogP contribution >= 0.6 is 11.5 Å². The number of aryl methyl sites for hydroxylation is 1. The number of hydrogen-bond acceptors (Lipinski definition) is 4. The number of nitrogens with zero attached hydrogens (tertiary/aromatic N) is 2. The van der Waals surface area contributed by atoms with Crippen molar-refractivity contribution in [1.29, 1.82) is 0 Å². The van der Waals surface area contributed by atoms with Crippen LogP contribution in [0.5, 0.6) is 5.75 Å². The molecule has 4 heteroatoms. The second kappa shape index (κ2) is 4.40. The molecule has 0 aliphatic rings. The minimum Gasteiger partial charge on any atom is -0.508 e. The molecule has 0 bridgehead atoms. The molecule has 0 spiro atoms. The summed E-state index contributed by atoms with van der Waals surface area (Å²) < 4.78 is 3.97. The molecule has 0 radical (unpaired) electrons. The first-order valence-corrected chi connectivity index (χ1v) is 5.69. The van der Waals surface area contributed by atoms with Crippen LogP contribution in [-0.2, 0) is 6.42 Å². The summed E-state index contributed by atoms with van der Waals surface area (Å²) in [5.41, 5.74) is 1.96. The van der Waals surface area contributed by atoms with Crippen molar-refractivity contribution >= 4 is 11.5 Å². The van der Waals surface area contributed by atoms with E-state index in [0.29, 0.717) is 0 Å². The van der Waals surface area contributed by atoms with Gasteiger partial charge >= 0.3 is 0 Å². The van der Waals surface area contributed by atoms with Gasteiger partial charge in [-0.05, 0) is 42.2 Å². The smallest absolute Gasteiger partial charge is 0.115 e. The molecule has 0 atom stereocenters. The van der Waals surface area contributed by atoms with Gasteiger partial charge < -0.3 is 5.11 Å². The Morgan fingerprint density at radius 3 is 2.67 bits per heavy atom. The average Bonchev–Trinajstić information content (AvgIpc) is 2.68. The first kappa shape index (κ1) is 10.1. The van der Waals surface area contributed by atoms with Crippen LogP contribution in [0, 0.1) is 0 Å². The number of benzene rings is 1. The van der Waals surface area contributed by atoms with E-state index in [-0.39, 0.29) is 5.75 Å². The molecule has 0 aliphatic carbocycles. The Kier molecular flexibility index (Phi) is 2.97. The molecule has 1 aromatic carbocycles. The van der Waals surface area contributed by atoms with Crippen molar-refractivity contribution in [3.63, 3.8) is 0 Å². The lowest BCUT2D eigenvalue weighted by atomic mass is 10.1. The zero-order valence-corrected chi connectivity index (χ0v) is 9.29. The SMILES string of the molecule is CCCc1snnc1-c1ccc(O)cc1. The van der Waals surface area contributed by atoms with Gasteiger partial charge in [0.05, 0.1) is 4.88 Å². The lowest BCUT2D eigenvalue weighted by Crippen LogP contribution is -1.84. The standard InChI is InChI=1S/C11H12N2OS/c1-2-3-10-11(12-13-15-10)8-4-6-9(14)7-5-8/h4-7,14H,2-3H2,1H3. The summed E-state index contributed by atoms with van der Waals surface area (Å²) in [4.78, 5) is 1.21. The summed E-state index contributed by atoms with van der Waals surface area (Å²) in [5.74, 6) is 0.277. The van der Waals surface area contributed by atoms with E-state index in [4.69, 9.17) is 0 Å². The minimum atomic E-state index is 0.277. The highest BCUT2D eigenvalue weighted by Gasteiger charge is 2.08. The molecule has 1 aromatic heterocycles. The van der Waals surface area contributed by atoms with E-state index >= 15 is 0 Å². The van der Waals surface area contributed by atoms with Crippen LogP contribution in [0.3, 0.4) is 0 Å². The third kappa shape index (κ3) is 2.15. The number of phenolic OH excluding ortho intramolecular Hbond substituents is 1. The molecule has 2 rings (SSSR count). The summed E-state index contributed by atoms with van der Waals surface area (Å²) in [6.45, 7) is 2.14. The van der Waals surface area contributed by atoms with Crippen LogP contribution in [-0.4, -0.2) is 14.7 Å². The predicted molar refractivity (Wildman–Crippen MR) is 61.0 cm³/mol. The van der Waals surface area contributed by atoms with Crippen molar-refractivity contribution in [1.82, 2.24) is 9.59 Å². The fourth-order valence-electron chi connectivity index (χ4n) is 1.44. The van der Waals surface area contributed by atoms with E-state index in [9.17, 15) is 5.11 Å². The molecule has 15 heavy (non-hydrogen) atoms. The van der Waals surface area contributed by atoms with Gasteiger partial charge in [-0.25, -0.2) is 0 Å². The van der Waals surface area contributed by atoms with Gasteiger partial charge in [0.15, 0.2) is 0 Å². The van der Waals surface area contributed by atoms with E-state index in [1.807, 2.05) is 12.1 Å². The Labute approximate surface area is 92.6 Å². The number of aromatic hydroxyl groups is 1. The first-order chi connectivity index (χ1) is 7.31. The fourth-order valence-corrected chi connectivity index (χ4v) is 2.20. The molecule has 0 fully saturated rings. The van der Waals surface area contributed by atoms with Gasteiger partial charge in [0.2, 0.25) is 0 Å². The third-order valence-electron chi connectivity index (χ3n) is 2.17. The van der Waals surface area contributed by atoms with E-state index < -0.39 is 0 Å². The Bertz CT molecular complexity index is 436. The van der Waals surface area contributed by atoms with Crippen molar-refractivity contribution in [3.05, 3.63) is 29.1 Å². The Morgan fingerprint density at radius 1 is 1.27 bits per heavy atom. The molecular weight excluding hydrogens is 208 g/mol. The van der Waals surface area contributed by atoms with Crippen LogP contribution in [0.15, 0.2) is 24.3 Å². The topological polar surface area (TPSA) is 46.0 Å². The molecular formula is C11H12N2OS. The molecule has 0 unspecified atom stereocenters. The van der Waals surface area contributed by atoms with E-state index in [1.54, 1.807) is 12.1 Å². The molecule has 1 N–H and O–H groups in total. The molecule has 2 aromatic rings. The summed E-state index contributed by atoms with van der Waals surface area (Å²) in [6, 6.07) is 7.07. The summed E-state index contributed by atoms with van der Waals surface area (Å²) in [7, 11) is 0. The Hall–Kier alpha value is -1.42. The van der Waals surface area contributed by atoms with Crippen molar-refractivity contribution in [3.8, 4) is 17.0 Å². The predicted octanol–water partition coefficient (Wildman–Crippen LogP) is 2.86. The van der Waals surface area contributed by atoms with E-state index in [2.05, 4.69) is 16.5 Å². The van der Waals surface area contributed by atoms with Gasteiger partial charge in [0.1, 0.15) is 11.4 Å². The van der Waals surface area contributed by atoms with Gasteiger partial charge in [-0.1, -0.05) is 17.8 Å². The molecule has 0 saturated heterocycles. The monoisotopic (exact) mass is 220 g/mol. The summed E-state index contributed by atoms with van der Waals surface area (Å²) in [5, 5.41) is 13.3. The summed E-state index contributed by atoms with van der Waals surface area (Å²) in [6.07, 6.45) is 2.10. The number of rotatable bonds is 3. The Morgan fingerprint density at radius 2 is 2.00 bits per heavy atom. The van der Waals surface area contributed by atoms with Crippen LogP contribution in [0.25, 0.3) is 11.3 Å². The zero-order valence-electron chi connectivity index (χ0n) is 8.47. The molecule has 3 nitrogen and oxygen atoms in total. The van der Waals surface area contributed by atoms with Crippen LogP contribution < -0.4 is 0 Å². The second-order valence-electron chi connectivity index (χ2n) is 3.34. The lowest BCUT2D eigenvalue weighted by molar-refractivity contribution is 0.475. The highest BCUT2D eigenvalue weighted by atomic mass is 32.1. The molecule has 0 saturated carbocycles. The van der Waals surface area contributed by atoms with E-state index in [0.717, 1.165) is 24.1 Å². The quantitative estimate of drug-likeness (QED) is 0.865. The van der Waals surface area contributed by atoms with Crippen molar-refractivity contribution in [2.24, 2.45) is 0 Å². The van der Waals surface area contributed by atoms with Gasteiger partial charge in [0.25, 0.3) is 0 Å². The largest absolute Gasteiger partial charge is 0.508 e. The first-order valence-electron chi connectivity index (χ1n) is 4.92. The highest BCUT2D eigenvalue weighted by molar-refractivity contribution is 7.05. The highest BCUT2D eigenvalue weighted by Crippen LogP contribution is 2.26. The molecule has 0 amide bonds. The maximum atomic E-state index is 9.19. The summed E-state index contributed by atoms with van der Waals surface area (Å²) >= 11 is 1.45. The normalized spacial score (nSPS) is 10.5. The van der Waals surface area contributed by atoms with Crippen molar-refractivity contribution in [2.45, 2.75) is 19.8 Å². The van der Waals surface area contributed by atoms with Gasteiger partial charge in [-0.3, -0.25) is 0 Å². The molecule has 78 valence electrons. The molecule has 0 aliphatic heterocycles. The Balaban J connectivity index is 2.36. The fraction of sp³-hybridized carbons (Fsp3) is 0.273. The number of hydrogen-bond donors (Lipinski definition) is 1.